The van der Waals surface area contributed by atoms with E-state index < -0.39 is 0 Å². The van der Waals surface area contributed by atoms with Gasteiger partial charge in [0.25, 0.3) is 0 Å². The number of rotatable bonds is 5. The molecule has 3 heteroatoms. The van der Waals surface area contributed by atoms with Gasteiger partial charge in [0.05, 0.1) is 6.61 Å². The van der Waals surface area contributed by atoms with Crippen molar-refractivity contribution in [3.8, 4) is 5.75 Å². The standard InChI is InChI=1S/C16H15IO2/c1-2-11-19-15-9-5-13(6-10-15)16(18)12-3-7-14(17)8-4-12/h3-10H,2,11H2,1H3. The van der Waals surface area contributed by atoms with Crippen LogP contribution in [0.5, 0.6) is 5.75 Å². The van der Waals surface area contributed by atoms with E-state index in [1.807, 2.05) is 48.5 Å². The maximum Gasteiger partial charge on any atom is 0.193 e. The molecule has 0 N–H and O–H groups in total. The van der Waals surface area contributed by atoms with Gasteiger partial charge in [-0.3, -0.25) is 4.79 Å². The monoisotopic (exact) mass is 366 g/mol. The topological polar surface area (TPSA) is 26.3 Å². The zero-order chi connectivity index (χ0) is 13.7. The summed E-state index contributed by atoms with van der Waals surface area (Å²) in [6.07, 6.45) is 0.976. The summed E-state index contributed by atoms with van der Waals surface area (Å²) in [5.74, 6) is 0.847. The third-order valence-corrected chi connectivity index (χ3v) is 3.41. The van der Waals surface area contributed by atoms with Crippen molar-refractivity contribution in [3.63, 3.8) is 0 Å². The molecule has 2 nitrogen and oxygen atoms in total. The summed E-state index contributed by atoms with van der Waals surface area (Å²) in [5, 5.41) is 0. The quantitative estimate of drug-likeness (QED) is 0.582. The Hall–Kier alpha value is -1.36. The number of benzene rings is 2. The third-order valence-electron chi connectivity index (χ3n) is 2.70. The maximum absolute atomic E-state index is 12.2. The molecule has 19 heavy (non-hydrogen) atoms. The van der Waals surface area contributed by atoms with Crippen molar-refractivity contribution in [1.82, 2.24) is 0 Å². The summed E-state index contributed by atoms with van der Waals surface area (Å²) < 4.78 is 6.62. The zero-order valence-electron chi connectivity index (χ0n) is 10.7. The minimum atomic E-state index is 0.0402. The molecule has 98 valence electrons. The number of halogens is 1. The molecule has 2 aromatic carbocycles. The number of carbonyl (C=O) groups is 1. The van der Waals surface area contributed by atoms with Gasteiger partial charge in [-0.05, 0) is 77.5 Å². The SMILES string of the molecule is CCCOc1ccc(C(=O)c2ccc(I)cc2)cc1. The average molecular weight is 366 g/mol. The highest BCUT2D eigenvalue weighted by Gasteiger charge is 2.08. The van der Waals surface area contributed by atoms with Gasteiger partial charge < -0.3 is 4.74 Å². The molecule has 0 aliphatic rings. The smallest absolute Gasteiger partial charge is 0.193 e. The fourth-order valence-electron chi connectivity index (χ4n) is 1.69. The van der Waals surface area contributed by atoms with E-state index in [-0.39, 0.29) is 5.78 Å². The predicted octanol–water partition coefficient (Wildman–Crippen LogP) is 4.31. The fraction of sp³-hybridized carbons (Fsp3) is 0.188. The van der Waals surface area contributed by atoms with Gasteiger partial charge in [0, 0.05) is 14.7 Å². The van der Waals surface area contributed by atoms with E-state index in [0.29, 0.717) is 17.7 Å². The van der Waals surface area contributed by atoms with Gasteiger partial charge in [-0.25, -0.2) is 0 Å². The minimum Gasteiger partial charge on any atom is -0.494 e. The van der Waals surface area contributed by atoms with E-state index in [1.54, 1.807) is 0 Å². The maximum atomic E-state index is 12.2. The number of carbonyl (C=O) groups excluding carboxylic acids is 1. The molecule has 2 aromatic rings. The molecule has 0 unspecified atom stereocenters. The highest BCUT2D eigenvalue weighted by Crippen LogP contribution is 2.16. The van der Waals surface area contributed by atoms with Gasteiger partial charge in [-0.1, -0.05) is 6.92 Å². The number of ketones is 1. The lowest BCUT2D eigenvalue weighted by Crippen LogP contribution is -2.01. The van der Waals surface area contributed by atoms with E-state index in [0.717, 1.165) is 15.7 Å². The molecule has 0 amide bonds. The Morgan fingerprint density at radius 2 is 1.53 bits per heavy atom. The summed E-state index contributed by atoms with van der Waals surface area (Å²) >= 11 is 2.22. The van der Waals surface area contributed by atoms with Crippen LogP contribution in [0.25, 0.3) is 0 Å². The van der Waals surface area contributed by atoms with Gasteiger partial charge in [0.2, 0.25) is 0 Å². The Labute approximate surface area is 126 Å². The zero-order valence-corrected chi connectivity index (χ0v) is 12.9. The van der Waals surface area contributed by atoms with Crippen molar-refractivity contribution in [3.05, 3.63) is 63.2 Å². The number of hydrogen-bond acceptors (Lipinski definition) is 2. The third kappa shape index (κ3) is 3.80. The lowest BCUT2D eigenvalue weighted by Gasteiger charge is -2.05. The van der Waals surface area contributed by atoms with Crippen LogP contribution in [-0.2, 0) is 0 Å². The van der Waals surface area contributed by atoms with Crippen LogP contribution in [0.3, 0.4) is 0 Å². The number of ether oxygens (including phenoxy) is 1. The average Bonchev–Trinajstić information content (AvgIpc) is 2.46. The van der Waals surface area contributed by atoms with Crippen molar-refractivity contribution in [1.29, 1.82) is 0 Å². The first-order valence-electron chi connectivity index (χ1n) is 6.24. The lowest BCUT2D eigenvalue weighted by molar-refractivity contribution is 0.103. The summed E-state index contributed by atoms with van der Waals surface area (Å²) in [4.78, 5) is 12.2. The predicted molar refractivity (Wildman–Crippen MR) is 84.8 cm³/mol. The Morgan fingerprint density at radius 3 is 2.05 bits per heavy atom. The normalized spacial score (nSPS) is 10.2. The van der Waals surface area contributed by atoms with Gasteiger partial charge in [-0.15, -0.1) is 0 Å². The molecule has 0 heterocycles. The van der Waals surface area contributed by atoms with Gasteiger partial charge in [0.1, 0.15) is 5.75 Å². The van der Waals surface area contributed by atoms with Crippen molar-refractivity contribution in [2.75, 3.05) is 6.61 Å². The molecule has 0 aliphatic heterocycles. The van der Waals surface area contributed by atoms with Crippen LogP contribution in [0.15, 0.2) is 48.5 Å². The second kappa shape index (κ2) is 6.70. The molecular formula is C16H15IO2. The molecule has 0 atom stereocenters. The van der Waals surface area contributed by atoms with Gasteiger partial charge >= 0.3 is 0 Å². The first-order valence-corrected chi connectivity index (χ1v) is 7.31. The molecule has 0 fully saturated rings. The largest absolute Gasteiger partial charge is 0.494 e. The highest BCUT2D eigenvalue weighted by molar-refractivity contribution is 14.1. The molecule has 0 bridgehead atoms. The van der Waals surface area contributed by atoms with Crippen LogP contribution in [0.1, 0.15) is 29.3 Å². The molecule has 0 saturated heterocycles. The Kier molecular flexibility index (Phi) is 4.96. The van der Waals surface area contributed by atoms with Crippen molar-refractivity contribution in [2.45, 2.75) is 13.3 Å². The Balaban J connectivity index is 2.13. The molecular weight excluding hydrogens is 351 g/mol. The van der Waals surface area contributed by atoms with Gasteiger partial charge in [0.15, 0.2) is 5.78 Å². The minimum absolute atomic E-state index is 0.0402. The van der Waals surface area contributed by atoms with E-state index in [9.17, 15) is 4.79 Å². The molecule has 0 aliphatic carbocycles. The first-order chi connectivity index (χ1) is 9.20. The molecule has 2 rings (SSSR count). The highest BCUT2D eigenvalue weighted by atomic mass is 127. The fourth-order valence-corrected chi connectivity index (χ4v) is 2.05. The summed E-state index contributed by atoms with van der Waals surface area (Å²) in [5.41, 5.74) is 1.40. The van der Waals surface area contributed by atoms with Gasteiger partial charge in [-0.2, -0.15) is 0 Å². The lowest BCUT2D eigenvalue weighted by atomic mass is 10.0. The van der Waals surface area contributed by atoms with Crippen molar-refractivity contribution in [2.24, 2.45) is 0 Å². The summed E-state index contributed by atoms with van der Waals surface area (Å²) in [7, 11) is 0. The molecule has 0 aromatic heterocycles. The first kappa shape index (κ1) is 14.1. The van der Waals surface area contributed by atoms with Crippen LogP contribution in [-0.4, -0.2) is 12.4 Å². The summed E-state index contributed by atoms with van der Waals surface area (Å²) in [6.45, 7) is 2.76. The number of hydrogen-bond donors (Lipinski definition) is 0. The second-order valence-corrected chi connectivity index (χ2v) is 5.45. The van der Waals surface area contributed by atoms with Crippen LogP contribution in [0.2, 0.25) is 0 Å². The molecule has 0 spiro atoms. The van der Waals surface area contributed by atoms with E-state index in [4.69, 9.17) is 4.74 Å². The molecule has 0 saturated carbocycles. The Bertz CT molecular complexity index is 544. The van der Waals surface area contributed by atoms with Crippen molar-refractivity contribution >= 4 is 28.4 Å². The van der Waals surface area contributed by atoms with Crippen LogP contribution in [0.4, 0.5) is 0 Å². The van der Waals surface area contributed by atoms with Crippen LogP contribution in [0, 0.1) is 3.57 Å². The van der Waals surface area contributed by atoms with E-state index in [2.05, 4.69) is 29.5 Å². The van der Waals surface area contributed by atoms with Crippen LogP contribution < -0.4 is 4.74 Å². The van der Waals surface area contributed by atoms with Crippen molar-refractivity contribution < 1.29 is 9.53 Å². The molecule has 0 radical (unpaired) electrons. The van der Waals surface area contributed by atoms with E-state index >= 15 is 0 Å². The summed E-state index contributed by atoms with van der Waals surface area (Å²) in [6, 6.07) is 14.9. The Morgan fingerprint density at radius 1 is 1.00 bits per heavy atom. The second-order valence-electron chi connectivity index (χ2n) is 4.21. The van der Waals surface area contributed by atoms with Crippen LogP contribution >= 0.6 is 22.6 Å². The van der Waals surface area contributed by atoms with E-state index in [1.165, 1.54) is 0 Å².